The quantitative estimate of drug-likeness (QED) is 0.434. The second kappa shape index (κ2) is 10.3. The predicted octanol–water partition coefficient (Wildman–Crippen LogP) is 3.79. The molecule has 2 amide bonds. The van der Waals surface area contributed by atoms with Gasteiger partial charge in [0.25, 0.3) is 5.91 Å². The van der Waals surface area contributed by atoms with Gasteiger partial charge >= 0.3 is 0 Å². The number of amides is 2. The number of benzene rings is 3. The highest BCUT2D eigenvalue weighted by molar-refractivity contribution is 7.91. The molecule has 0 aromatic heterocycles. The Bertz CT molecular complexity index is 1340. The van der Waals surface area contributed by atoms with Crippen molar-refractivity contribution in [1.29, 1.82) is 0 Å². The van der Waals surface area contributed by atoms with Crippen molar-refractivity contribution in [1.82, 2.24) is 0 Å². The number of hydrogen-bond acceptors (Lipinski definition) is 5. The van der Waals surface area contributed by atoms with Crippen molar-refractivity contribution in [2.45, 2.75) is 30.8 Å². The molecule has 35 heavy (non-hydrogen) atoms. The van der Waals surface area contributed by atoms with Gasteiger partial charge in [-0.1, -0.05) is 31.2 Å². The van der Waals surface area contributed by atoms with Gasteiger partial charge in [-0.25, -0.2) is 17.2 Å². The average molecular weight is 503 g/mol. The molecule has 7 nitrogen and oxygen atoms in total. The molecule has 3 aromatic carbocycles. The van der Waals surface area contributed by atoms with Gasteiger partial charge in [0.2, 0.25) is 5.91 Å². The number of hydrogen-bond donors (Lipinski definition) is 3. The summed E-state index contributed by atoms with van der Waals surface area (Å²) in [5.74, 6) is -3.06. The summed E-state index contributed by atoms with van der Waals surface area (Å²) in [6.45, 7) is 2.78. The topological polar surface area (TPSA) is 113 Å². The zero-order valence-electron chi connectivity index (χ0n) is 19.0. The monoisotopic (exact) mass is 502 g/mol. The van der Waals surface area contributed by atoms with E-state index >= 15 is 0 Å². The van der Waals surface area contributed by atoms with Crippen molar-refractivity contribution >= 4 is 33.0 Å². The number of rotatable bonds is 8. The van der Waals surface area contributed by atoms with Gasteiger partial charge in [0.1, 0.15) is 11.6 Å². The zero-order chi connectivity index (χ0) is 25.8. The van der Waals surface area contributed by atoms with Crippen molar-refractivity contribution in [3.8, 4) is 0 Å². The summed E-state index contributed by atoms with van der Waals surface area (Å²) in [4.78, 5) is 25.1. The van der Waals surface area contributed by atoms with Crippen LogP contribution in [0, 0.1) is 11.6 Å². The highest BCUT2D eigenvalue weighted by atomic mass is 32.2. The van der Waals surface area contributed by atoms with E-state index in [1.165, 1.54) is 43.3 Å². The smallest absolute Gasteiger partial charge is 0.260 e. The molecule has 3 aromatic rings. The molecule has 0 aliphatic heterocycles. The summed E-state index contributed by atoms with van der Waals surface area (Å²) < 4.78 is 50.6. The molecular weight excluding hydrogens is 478 g/mol. The van der Waals surface area contributed by atoms with E-state index in [1.807, 2.05) is 0 Å². The molecule has 10 heteroatoms. The van der Waals surface area contributed by atoms with E-state index < -0.39 is 33.0 Å². The summed E-state index contributed by atoms with van der Waals surface area (Å²) in [5.41, 5.74) is -1.10. The van der Waals surface area contributed by atoms with Gasteiger partial charge in [0.05, 0.1) is 22.8 Å². The van der Waals surface area contributed by atoms with Gasteiger partial charge in [0.15, 0.2) is 15.4 Å². The van der Waals surface area contributed by atoms with Crippen molar-refractivity contribution in [3.05, 3.63) is 89.5 Å². The second-order valence-corrected chi connectivity index (χ2v) is 10.3. The number of nitrogens with one attached hydrogen (secondary N) is 2. The van der Waals surface area contributed by atoms with Gasteiger partial charge in [-0.05, 0) is 54.4 Å². The molecule has 3 N–H and O–H groups in total. The molecule has 0 spiro atoms. The number of anilines is 2. The number of aliphatic hydroxyl groups is 1. The minimum atomic E-state index is -3.32. The number of sulfone groups is 1. The van der Waals surface area contributed by atoms with Crippen LogP contribution in [0.15, 0.2) is 71.6 Å². The van der Waals surface area contributed by atoms with Crippen LogP contribution in [0.2, 0.25) is 0 Å². The molecule has 3 rings (SSSR count). The van der Waals surface area contributed by atoms with Crippen LogP contribution in [-0.2, 0) is 31.4 Å². The van der Waals surface area contributed by atoms with Gasteiger partial charge in [0, 0.05) is 11.8 Å². The summed E-state index contributed by atoms with van der Waals surface area (Å²) in [7, 11) is -3.32. The lowest BCUT2D eigenvalue weighted by atomic mass is 9.94. The fraction of sp³-hybridized carbons (Fsp3) is 0.200. The first-order valence-corrected chi connectivity index (χ1v) is 12.3. The van der Waals surface area contributed by atoms with Crippen molar-refractivity contribution < 1.29 is 31.9 Å². The minimum absolute atomic E-state index is 0.0115. The fourth-order valence-electron chi connectivity index (χ4n) is 3.22. The normalized spacial score (nSPS) is 13.1. The van der Waals surface area contributed by atoms with E-state index in [0.29, 0.717) is 17.3 Å². The van der Waals surface area contributed by atoms with Crippen LogP contribution in [0.25, 0.3) is 0 Å². The largest absolute Gasteiger partial charge is 0.376 e. The number of carbonyl (C=O) groups is 2. The summed E-state index contributed by atoms with van der Waals surface area (Å²) in [6, 6.07) is 14.6. The van der Waals surface area contributed by atoms with Crippen LogP contribution < -0.4 is 10.6 Å². The van der Waals surface area contributed by atoms with Crippen molar-refractivity contribution in [3.63, 3.8) is 0 Å². The molecule has 0 saturated carbocycles. The Hall–Kier alpha value is -3.63. The first-order valence-electron chi connectivity index (χ1n) is 10.6. The summed E-state index contributed by atoms with van der Waals surface area (Å²) in [5, 5.41) is 15.6. The van der Waals surface area contributed by atoms with Crippen molar-refractivity contribution in [2.75, 3.05) is 16.4 Å². The Morgan fingerprint density at radius 1 is 0.943 bits per heavy atom. The fourth-order valence-corrected chi connectivity index (χ4v) is 4.10. The Morgan fingerprint density at radius 2 is 1.57 bits per heavy atom. The third-order valence-electron chi connectivity index (χ3n) is 5.38. The maximum Gasteiger partial charge on any atom is 0.260 e. The highest BCUT2D eigenvalue weighted by Crippen LogP contribution is 2.25. The Morgan fingerprint density at radius 3 is 2.14 bits per heavy atom. The SMILES string of the molecule is CCS(=O)(=O)c1ccc(CC(=O)Nc2ccc(C(C)(O)C(=O)Nc3ccc(F)cc3F)cc2)cc1. The second-order valence-electron chi connectivity index (χ2n) is 8.00. The maximum absolute atomic E-state index is 13.8. The molecule has 0 aliphatic carbocycles. The van der Waals surface area contributed by atoms with E-state index in [4.69, 9.17) is 0 Å². The number of carbonyl (C=O) groups excluding carboxylic acids is 2. The van der Waals surface area contributed by atoms with Gasteiger partial charge < -0.3 is 15.7 Å². The van der Waals surface area contributed by atoms with Gasteiger partial charge in [-0.3, -0.25) is 9.59 Å². The van der Waals surface area contributed by atoms with Crippen LogP contribution in [0.5, 0.6) is 0 Å². The van der Waals surface area contributed by atoms with Gasteiger partial charge in [-0.15, -0.1) is 0 Å². The van der Waals surface area contributed by atoms with Crippen LogP contribution in [0.3, 0.4) is 0 Å². The minimum Gasteiger partial charge on any atom is -0.376 e. The number of halogens is 2. The van der Waals surface area contributed by atoms with Crippen LogP contribution in [0.1, 0.15) is 25.0 Å². The Kier molecular flexibility index (Phi) is 7.67. The molecule has 1 atom stereocenters. The third-order valence-corrected chi connectivity index (χ3v) is 7.13. The van der Waals surface area contributed by atoms with E-state index in [2.05, 4.69) is 10.6 Å². The first kappa shape index (κ1) is 26.0. The van der Waals surface area contributed by atoms with Crippen LogP contribution in [0.4, 0.5) is 20.2 Å². The van der Waals surface area contributed by atoms with E-state index in [9.17, 15) is 31.9 Å². The highest BCUT2D eigenvalue weighted by Gasteiger charge is 2.33. The standard InChI is InChI=1S/C25H24F2N2O5S/c1-3-35(33,34)20-11-4-16(5-12-20)14-23(30)28-19-9-6-17(7-10-19)25(2,32)24(31)29-22-13-8-18(26)15-21(22)27/h4-13,15,32H,3,14H2,1-2H3,(H,28,30)(H,29,31). The first-order chi connectivity index (χ1) is 16.4. The Labute approximate surface area is 201 Å². The summed E-state index contributed by atoms with van der Waals surface area (Å²) >= 11 is 0. The molecule has 0 saturated heterocycles. The average Bonchev–Trinajstić information content (AvgIpc) is 2.81. The molecular formula is C25H24F2N2O5S. The lowest BCUT2D eigenvalue weighted by Crippen LogP contribution is -2.37. The molecule has 0 heterocycles. The molecule has 0 fully saturated rings. The van der Waals surface area contributed by atoms with E-state index in [0.717, 1.165) is 12.1 Å². The zero-order valence-corrected chi connectivity index (χ0v) is 19.8. The molecule has 0 bridgehead atoms. The lowest BCUT2D eigenvalue weighted by Gasteiger charge is -2.23. The van der Waals surface area contributed by atoms with Crippen LogP contribution in [-0.4, -0.2) is 31.1 Å². The van der Waals surface area contributed by atoms with Gasteiger partial charge in [-0.2, -0.15) is 0 Å². The lowest BCUT2D eigenvalue weighted by molar-refractivity contribution is -0.133. The molecule has 184 valence electrons. The predicted molar refractivity (Wildman–Crippen MR) is 128 cm³/mol. The maximum atomic E-state index is 13.8. The Balaban J connectivity index is 1.63. The molecule has 1 unspecified atom stereocenters. The van der Waals surface area contributed by atoms with Crippen molar-refractivity contribution in [2.24, 2.45) is 0 Å². The third kappa shape index (κ3) is 6.28. The van der Waals surface area contributed by atoms with E-state index in [-0.39, 0.29) is 34.2 Å². The summed E-state index contributed by atoms with van der Waals surface area (Å²) in [6.07, 6.45) is 0.0115. The molecule has 0 radical (unpaired) electrons. The van der Waals surface area contributed by atoms with E-state index in [1.54, 1.807) is 19.1 Å². The van der Waals surface area contributed by atoms with Crippen LogP contribution >= 0.6 is 0 Å². The molecule has 0 aliphatic rings.